The summed E-state index contributed by atoms with van der Waals surface area (Å²) in [7, 11) is 0. The molecule has 0 radical (unpaired) electrons. The van der Waals surface area contributed by atoms with Gasteiger partial charge in [0, 0.05) is 18.1 Å². The molecule has 7 nitrogen and oxygen atoms in total. The summed E-state index contributed by atoms with van der Waals surface area (Å²) < 4.78 is 6.99. The second kappa shape index (κ2) is 8.72. The second-order valence-electron chi connectivity index (χ2n) is 6.20. The molecule has 1 fully saturated rings. The van der Waals surface area contributed by atoms with Crippen molar-refractivity contribution in [3.05, 3.63) is 65.2 Å². The molecule has 1 amide bonds. The van der Waals surface area contributed by atoms with Crippen molar-refractivity contribution in [2.75, 3.05) is 26.3 Å². The maximum absolute atomic E-state index is 13.3. The van der Waals surface area contributed by atoms with Crippen LogP contribution in [-0.4, -0.2) is 57.3 Å². The highest BCUT2D eigenvalue weighted by atomic mass is 35.5. The average molecular weight is 416 g/mol. The number of nitrogens with zero attached hydrogens (tertiary/aromatic N) is 5. The van der Waals surface area contributed by atoms with E-state index in [-0.39, 0.29) is 5.91 Å². The van der Waals surface area contributed by atoms with Gasteiger partial charge in [-0.15, -0.1) is 5.10 Å². The van der Waals surface area contributed by atoms with Crippen LogP contribution in [-0.2, 0) is 9.53 Å². The minimum atomic E-state index is -0.448. The van der Waals surface area contributed by atoms with Gasteiger partial charge in [0.1, 0.15) is 5.25 Å². The Kier molecular flexibility index (Phi) is 5.90. The number of thioether (sulfide) groups is 1. The number of halogens is 1. The van der Waals surface area contributed by atoms with Crippen molar-refractivity contribution in [2.24, 2.45) is 0 Å². The van der Waals surface area contributed by atoms with Gasteiger partial charge in [-0.3, -0.25) is 4.79 Å². The van der Waals surface area contributed by atoms with Crippen molar-refractivity contribution in [3.8, 4) is 5.69 Å². The number of tetrazole rings is 1. The Labute approximate surface area is 171 Å². The minimum Gasteiger partial charge on any atom is -0.378 e. The lowest BCUT2D eigenvalue weighted by Gasteiger charge is -2.30. The molecule has 0 saturated carbocycles. The molecule has 144 valence electrons. The number of aromatic nitrogens is 4. The van der Waals surface area contributed by atoms with Crippen molar-refractivity contribution in [1.82, 2.24) is 25.1 Å². The lowest BCUT2D eigenvalue weighted by Crippen LogP contribution is -2.42. The maximum atomic E-state index is 13.3. The van der Waals surface area contributed by atoms with Crippen LogP contribution in [0.4, 0.5) is 0 Å². The van der Waals surface area contributed by atoms with Gasteiger partial charge in [0.2, 0.25) is 11.1 Å². The first-order chi connectivity index (χ1) is 13.7. The van der Waals surface area contributed by atoms with Crippen molar-refractivity contribution < 1.29 is 9.53 Å². The zero-order valence-corrected chi connectivity index (χ0v) is 16.5. The van der Waals surface area contributed by atoms with Gasteiger partial charge >= 0.3 is 0 Å². The maximum Gasteiger partial charge on any atom is 0.240 e. The van der Waals surface area contributed by atoms with Crippen molar-refractivity contribution in [1.29, 1.82) is 0 Å². The number of carbonyl (C=O) groups is 1. The summed E-state index contributed by atoms with van der Waals surface area (Å²) in [6.45, 7) is 2.29. The summed E-state index contributed by atoms with van der Waals surface area (Å²) in [5, 5.41) is 12.8. The highest BCUT2D eigenvalue weighted by Crippen LogP contribution is 2.36. The Balaban J connectivity index is 1.64. The van der Waals surface area contributed by atoms with Gasteiger partial charge in [0.15, 0.2) is 0 Å². The molecule has 2 aromatic carbocycles. The number of rotatable bonds is 5. The fourth-order valence-electron chi connectivity index (χ4n) is 2.94. The van der Waals surface area contributed by atoms with E-state index in [1.54, 1.807) is 16.8 Å². The number of carbonyl (C=O) groups excluding carboxylic acids is 1. The molecule has 9 heteroatoms. The van der Waals surface area contributed by atoms with Crippen LogP contribution in [0, 0.1) is 0 Å². The standard InChI is InChI=1S/C19H18ClN5O2S/c20-15-6-8-16(9-7-15)25-19(21-22-23-25)28-17(14-4-2-1-3-5-14)18(26)24-10-12-27-13-11-24/h1-9,17H,10-13H2/t17-/m0/s1. The summed E-state index contributed by atoms with van der Waals surface area (Å²) in [5.74, 6) is 0.0326. The van der Waals surface area contributed by atoms with Crippen LogP contribution in [0.3, 0.4) is 0 Å². The zero-order valence-electron chi connectivity index (χ0n) is 14.9. The summed E-state index contributed by atoms with van der Waals surface area (Å²) in [5.41, 5.74) is 1.69. The molecule has 0 N–H and O–H groups in total. The third-order valence-electron chi connectivity index (χ3n) is 4.38. The van der Waals surface area contributed by atoms with E-state index >= 15 is 0 Å². The predicted molar refractivity (Wildman–Crippen MR) is 107 cm³/mol. The molecular weight excluding hydrogens is 398 g/mol. The average Bonchev–Trinajstić information content (AvgIpc) is 3.21. The molecule has 0 bridgehead atoms. The van der Waals surface area contributed by atoms with Crippen molar-refractivity contribution in [3.63, 3.8) is 0 Å². The van der Waals surface area contributed by atoms with Crippen LogP contribution in [0.2, 0.25) is 5.02 Å². The number of hydrogen-bond acceptors (Lipinski definition) is 6. The van der Waals surface area contributed by atoms with Crippen molar-refractivity contribution in [2.45, 2.75) is 10.4 Å². The molecular formula is C19H18ClN5O2S. The monoisotopic (exact) mass is 415 g/mol. The highest BCUT2D eigenvalue weighted by Gasteiger charge is 2.30. The number of hydrogen-bond donors (Lipinski definition) is 0. The Morgan fingerprint density at radius 3 is 2.50 bits per heavy atom. The van der Waals surface area contributed by atoms with E-state index in [2.05, 4.69) is 15.5 Å². The lowest BCUT2D eigenvalue weighted by atomic mass is 10.1. The van der Waals surface area contributed by atoms with E-state index < -0.39 is 5.25 Å². The van der Waals surface area contributed by atoms with Gasteiger partial charge in [-0.2, -0.15) is 4.68 Å². The Bertz CT molecular complexity index is 929. The van der Waals surface area contributed by atoms with E-state index in [0.29, 0.717) is 36.5 Å². The summed E-state index contributed by atoms with van der Waals surface area (Å²) in [6.07, 6.45) is 0. The molecule has 1 saturated heterocycles. The van der Waals surface area contributed by atoms with Gasteiger partial charge in [0.25, 0.3) is 0 Å². The topological polar surface area (TPSA) is 73.1 Å². The third kappa shape index (κ3) is 4.19. The van der Waals surface area contributed by atoms with Gasteiger partial charge in [-0.1, -0.05) is 53.7 Å². The largest absolute Gasteiger partial charge is 0.378 e. The molecule has 1 atom stereocenters. The Hall–Kier alpha value is -2.42. The molecule has 0 spiro atoms. The molecule has 1 aromatic heterocycles. The molecule has 0 aliphatic carbocycles. The quantitative estimate of drug-likeness (QED) is 0.596. The molecule has 1 aliphatic rings. The highest BCUT2D eigenvalue weighted by molar-refractivity contribution is 8.00. The number of amides is 1. The normalized spacial score (nSPS) is 15.4. The molecule has 0 unspecified atom stereocenters. The van der Waals surface area contributed by atoms with Gasteiger partial charge in [-0.05, 0) is 40.3 Å². The molecule has 4 rings (SSSR count). The number of benzene rings is 2. The van der Waals surface area contributed by atoms with Crippen LogP contribution < -0.4 is 0 Å². The molecule has 28 heavy (non-hydrogen) atoms. The molecule has 2 heterocycles. The van der Waals surface area contributed by atoms with Gasteiger partial charge in [0.05, 0.1) is 18.9 Å². The van der Waals surface area contributed by atoms with E-state index in [1.165, 1.54) is 11.8 Å². The van der Waals surface area contributed by atoms with E-state index in [9.17, 15) is 4.79 Å². The van der Waals surface area contributed by atoms with E-state index in [0.717, 1.165) is 11.3 Å². The van der Waals surface area contributed by atoms with Gasteiger partial charge < -0.3 is 9.64 Å². The predicted octanol–water partition coefficient (Wildman–Crippen LogP) is 3.01. The second-order valence-corrected chi connectivity index (χ2v) is 7.70. The summed E-state index contributed by atoms with van der Waals surface area (Å²) >= 11 is 7.32. The fraction of sp³-hybridized carbons (Fsp3) is 0.263. The van der Waals surface area contributed by atoms with Crippen LogP contribution in [0.15, 0.2) is 59.8 Å². The minimum absolute atomic E-state index is 0.0326. The van der Waals surface area contributed by atoms with Crippen LogP contribution in [0.5, 0.6) is 0 Å². The van der Waals surface area contributed by atoms with E-state index in [4.69, 9.17) is 16.3 Å². The molecule has 3 aromatic rings. The lowest BCUT2D eigenvalue weighted by molar-refractivity contribution is -0.134. The molecule has 1 aliphatic heterocycles. The number of morpholine rings is 1. The van der Waals surface area contributed by atoms with Crippen molar-refractivity contribution >= 4 is 29.3 Å². The zero-order chi connectivity index (χ0) is 19.3. The summed E-state index contributed by atoms with van der Waals surface area (Å²) in [6, 6.07) is 16.9. The van der Waals surface area contributed by atoms with E-state index in [1.807, 2.05) is 47.4 Å². The first-order valence-corrected chi connectivity index (χ1v) is 10.1. The van der Waals surface area contributed by atoms with Crippen LogP contribution in [0.1, 0.15) is 10.8 Å². The van der Waals surface area contributed by atoms with Gasteiger partial charge in [-0.25, -0.2) is 0 Å². The number of ether oxygens (including phenoxy) is 1. The van der Waals surface area contributed by atoms with Crippen LogP contribution >= 0.6 is 23.4 Å². The smallest absolute Gasteiger partial charge is 0.240 e. The SMILES string of the molecule is O=C([C@@H](Sc1nnnn1-c1ccc(Cl)cc1)c1ccccc1)N1CCOCC1. The first-order valence-electron chi connectivity index (χ1n) is 8.85. The Morgan fingerprint density at radius 2 is 1.79 bits per heavy atom. The Morgan fingerprint density at radius 1 is 1.07 bits per heavy atom. The first kappa shape index (κ1) is 18.9. The van der Waals surface area contributed by atoms with Crippen LogP contribution in [0.25, 0.3) is 5.69 Å². The third-order valence-corrected chi connectivity index (χ3v) is 5.81. The summed E-state index contributed by atoms with van der Waals surface area (Å²) in [4.78, 5) is 15.1. The fourth-order valence-corrected chi connectivity index (χ4v) is 4.15.